The first-order valence-corrected chi connectivity index (χ1v) is 14.5. The van der Waals surface area contributed by atoms with E-state index in [1.165, 1.54) is 13.2 Å². The highest BCUT2D eigenvalue weighted by Crippen LogP contribution is 2.51. The molecule has 1 saturated heterocycles. The SMILES string of the molecule is COc1cc(C=O)cc2c1O[C@@H]1[C@@H](O)[C@H](N(CCc3cc4ccccc4[nH]3)C(=O)C3CCCO3)C=C(C(=O)NCCO)[C@H]21. The number of amides is 2. The number of aliphatic hydroxyl groups is 2. The van der Waals surface area contributed by atoms with E-state index >= 15 is 0 Å². The van der Waals surface area contributed by atoms with Gasteiger partial charge < -0.3 is 39.6 Å². The number of rotatable bonds is 10. The van der Waals surface area contributed by atoms with Crippen molar-refractivity contribution >= 4 is 29.0 Å². The lowest BCUT2D eigenvalue weighted by Crippen LogP contribution is -2.57. The fourth-order valence-electron chi connectivity index (χ4n) is 6.43. The average molecular weight is 590 g/mol. The van der Waals surface area contributed by atoms with Crippen LogP contribution in [-0.2, 0) is 20.7 Å². The first-order valence-electron chi connectivity index (χ1n) is 14.5. The molecule has 5 atom stereocenters. The van der Waals surface area contributed by atoms with E-state index in [2.05, 4.69) is 10.3 Å². The largest absolute Gasteiger partial charge is 0.493 e. The number of hydrogen-bond donors (Lipinski definition) is 4. The third-order valence-electron chi connectivity index (χ3n) is 8.47. The van der Waals surface area contributed by atoms with Gasteiger partial charge in [0.2, 0.25) is 5.91 Å². The molecule has 11 heteroatoms. The Morgan fingerprint density at radius 3 is 2.79 bits per heavy atom. The molecule has 2 aromatic carbocycles. The van der Waals surface area contributed by atoms with Crippen LogP contribution in [-0.4, -0.2) is 96.0 Å². The molecule has 1 fully saturated rings. The summed E-state index contributed by atoms with van der Waals surface area (Å²) in [6, 6.07) is 12.2. The number of nitrogens with one attached hydrogen (secondary N) is 2. The summed E-state index contributed by atoms with van der Waals surface area (Å²) >= 11 is 0. The molecule has 1 unspecified atom stereocenters. The number of H-pyrrole nitrogens is 1. The predicted molar refractivity (Wildman–Crippen MR) is 156 cm³/mol. The van der Waals surface area contributed by atoms with Crippen LogP contribution in [0.15, 0.2) is 54.1 Å². The van der Waals surface area contributed by atoms with Crippen LogP contribution in [0, 0.1) is 0 Å². The molecule has 43 heavy (non-hydrogen) atoms. The second kappa shape index (κ2) is 12.2. The number of nitrogens with zero attached hydrogens (tertiary/aromatic N) is 1. The van der Waals surface area contributed by atoms with E-state index in [0.29, 0.717) is 48.4 Å². The first kappa shape index (κ1) is 28.9. The van der Waals surface area contributed by atoms with Crippen molar-refractivity contribution in [1.29, 1.82) is 0 Å². The second-order valence-corrected chi connectivity index (χ2v) is 11.1. The third kappa shape index (κ3) is 5.39. The van der Waals surface area contributed by atoms with Crippen molar-refractivity contribution in [2.45, 2.75) is 49.5 Å². The van der Waals surface area contributed by atoms with E-state index in [0.717, 1.165) is 23.0 Å². The van der Waals surface area contributed by atoms with Crippen LogP contribution in [0.2, 0.25) is 0 Å². The Morgan fingerprint density at radius 1 is 1.23 bits per heavy atom. The van der Waals surface area contributed by atoms with Gasteiger partial charge in [0.15, 0.2) is 11.5 Å². The van der Waals surface area contributed by atoms with Crippen LogP contribution in [0.1, 0.15) is 40.4 Å². The number of benzene rings is 2. The summed E-state index contributed by atoms with van der Waals surface area (Å²) < 4.78 is 17.5. The minimum absolute atomic E-state index is 0.0190. The molecular weight excluding hydrogens is 554 g/mol. The molecule has 6 rings (SSSR count). The number of methoxy groups -OCH3 is 1. The Hall–Kier alpha value is -4.19. The van der Waals surface area contributed by atoms with E-state index in [1.807, 2.05) is 30.3 Å². The Balaban J connectivity index is 1.39. The van der Waals surface area contributed by atoms with Crippen molar-refractivity contribution in [3.63, 3.8) is 0 Å². The normalized spacial score (nSPS) is 24.1. The van der Waals surface area contributed by atoms with Crippen LogP contribution in [0.3, 0.4) is 0 Å². The van der Waals surface area contributed by atoms with E-state index in [-0.39, 0.29) is 31.2 Å². The third-order valence-corrected chi connectivity index (χ3v) is 8.47. The molecule has 3 heterocycles. The summed E-state index contributed by atoms with van der Waals surface area (Å²) in [6.07, 6.45) is 1.29. The van der Waals surface area contributed by atoms with Gasteiger partial charge in [-0.05, 0) is 48.6 Å². The Bertz CT molecular complexity index is 1530. The van der Waals surface area contributed by atoms with Gasteiger partial charge in [-0.1, -0.05) is 18.2 Å². The Kier molecular flexibility index (Phi) is 8.20. The number of carbonyl (C=O) groups excluding carboxylic acids is 3. The number of aldehydes is 1. The monoisotopic (exact) mass is 589 g/mol. The van der Waals surface area contributed by atoms with Crippen molar-refractivity contribution in [1.82, 2.24) is 15.2 Å². The highest BCUT2D eigenvalue weighted by atomic mass is 16.5. The molecule has 3 aliphatic rings. The van der Waals surface area contributed by atoms with E-state index < -0.39 is 36.2 Å². The lowest BCUT2D eigenvalue weighted by molar-refractivity contribution is -0.146. The van der Waals surface area contributed by atoms with Gasteiger partial charge in [-0.25, -0.2) is 0 Å². The molecule has 2 amide bonds. The zero-order valence-electron chi connectivity index (χ0n) is 23.8. The van der Waals surface area contributed by atoms with Gasteiger partial charge in [0, 0.05) is 54.0 Å². The number of aromatic nitrogens is 1. The first-order chi connectivity index (χ1) is 20.9. The number of aliphatic hydroxyl groups excluding tert-OH is 2. The highest BCUT2D eigenvalue weighted by molar-refractivity contribution is 5.96. The van der Waals surface area contributed by atoms with E-state index in [4.69, 9.17) is 14.2 Å². The van der Waals surface area contributed by atoms with Gasteiger partial charge >= 0.3 is 0 Å². The molecule has 0 spiro atoms. The van der Waals surface area contributed by atoms with Crippen molar-refractivity contribution in [2.24, 2.45) is 0 Å². The fraction of sp³-hybridized carbons (Fsp3) is 0.406. The van der Waals surface area contributed by atoms with Crippen molar-refractivity contribution in [3.8, 4) is 11.5 Å². The smallest absolute Gasteiger partial charge is 0.252 e. The van der Waals surface area contributed by atoms with Gasteiger partial charge in [0.05, 0.1) is 25.7 Å². The second-order valence-electron chi connectivity index (χ2n) is 11.1. The van der Waals surface area contributed by atoms with Crippen molar-refractivity contribution in [3.05, 3.63) is 70.9 Å². The fourth-order valence-corrected chi connectivity index (χ4v) is 6.43. The number of carbonyl (C=O) groups is 3. The number of para-hydroxylation sites is 1. The molecule has 0 bridgehead atoms. The molecule has 0 saturated carbocycles. The van der Waals surface area contributed by atoms with Crippen LogP contribution >= 0.6 is 0 Å². The molecule has 1 aliphatic carbocycles. The lowest BCUT2D eigenvalue weighted by atomic mass is 9.77. The highest BCUT2D eigenvalue weighted by Gasteiger charge is 2.52. The zero-order chi connectivity index (χ0) is 30.1. The molecule has 3 aromatic rings. The number of ether oxygens (including phenoxy) is 3. The summed E-state index contributed by atoms with van der Waals surface area (Å²) in [5.74, 6) is -0.827. The summed E-state index contributed by atoms with van der Waals surface area (Å²) in [5, 5.41) is 25.0. The molecule has 0 radical (unpaired) electrons. The summed E-state index contributed by atoms with van der Waals surface area (Å²) in [5.41, 5.74) is 3.05. The maximum absolute atomic E-state index is 13.9. The maximum atomic E-state index is 13.9. The Labute approximate surface area is 248 Å². The topological polar surface area (TPSA) is 150 Å². The molecule has 226 valence electrons. The van der Waals surface area contributed by atoms with Gasteiger partial charge in [-0.2, -0.15) is 0 Å². The van der Waals surface area contributed by atoms with Gasteiger partial charge in [0.1, 0.15) is 24.6 Å². The van der Waals surface area contributed by atoms with Crippen LogP contribution < -0.4 is 14.8 Å². The van der Waals surface area contributed by atoms with Gasteiger partial charge in [-0.15, -0.1) is 0 Å². The Morgan fingerprint density at radius 2 is 2.07 bits per heavy atom. The zero-order valence-corrected chi connectivity index (χ0v) is 23.8. The number of fused-ring (bicyclic) bond motifs is 4. The predicted octanol–water partition coefficient (Wildman–Crippen LogP) is 1.86. The van der Waals surface area contributed by atoms with Crippen molar-refractivity contribution < 1.29 is 38.8 Å². The molecule has 4 N–H and O–H groups in total. The minimum Gasteiger partial charge on any atom is -0.493 e. The molecule has 1 aromatic heterocycles. The lowest BCUT2D eigenvalue weighted by Gasteiger charge is -2.41. The summed E-state index contributed by atoms with van der Waals surface area (Å²) in [4.78, 5) is 44.2. The maximum Gasteiger partial charge on any atom is 0.252 e. The summed E-state index contributed by atoms with van der Waals surface area (Å²) in [7, 11) is 1.45. The quantitative estimate of drug-likeness (QED) is 0.262. The molecule has 2 aliphatic heterocycles. The van der Waals surface area contributed by atoms with E-state index in [9.17, 15) is 24.6 Å². The standard InChI is InChI=1S/C32H35N3O8/c1-41-26-14-18(17-37)13-21-27-22(31(39)33-9-11-36)16-24(28(38)30(27)43-29(21)26)35(32(40)25-7-4-12-42-25)10-8-20-15-19-5-2-3-6-23(19)34-20/h2-3,5-6,13-17,24-25,27-28,30,34,36,38H,4,7-12H2,1H3,(H,33,39)/t24-,25?,27+,28+,30+/m1/s1. The number of hydrogen-bond acceptors (Lipinski definition) is 8. The molecular formula is C32H35N3O8. The van der Waals surface area contributed by atoms with Crippen LogP contribution in [0.4, 0.5) is 0 Å². The van der Waals surface area contributed by atoms with Gasteiger partial charge in [0.25, 0.3) is 5.91 Å². The van der Waals surface area contributed by atoms with Crippen molar-refractivity contribution in [2.75, 3.05) is 33.4 Å². The molecule has 11 nitrogen and oxygen atoms in total. The van der Waals surface area contributed by atoms with E-state index in [1.54, 1.807) is 17.0 Å². The van der Waals surface area contributed by atoms with Gasteiger partial charge in [-0.3, -0.25) is 14.4 Å². The van der Waals surface area contributed by atoms with Crippen LogP contribution in [0.25, 0.3) is 10.9 Å². The minimum atomic E-state index is -1.22. The van der Waals surface area contributed by atoms with Crippen LogP contribution in [0.5, 0.6) is 11.5 Å². The summed E-state index contributed by atoms with van der Waals surface area (Å²) in [6.45, 7) is 0.485. The number of aromatic amines is 1. The average Bonchev–Trinajstić information content (AvgIpc) is 3.79.